The van der Waals surface area contributed by atoms with Gasteiger partial charge in [0.05, 0.1) is 23.2 Å². The van der Waals surface area contributed by atoms with Crippen LogP contribution in [0.1, 0.15) is 0 Å². The molecule has 0 fully saturated rings. The SMILES string of the molecule is O=C1SCC(O)=C1/C=N/Nc1ccc(Cl)cc1. The van der Waals surface area contributed by atoms with Gasteiger partial charge in [-0.2, -0.15) is 5.10 Å². The van der Waals surface area contributed by atoms with Gasteiger partial charge in [0, 0.05) is 5.02 Å². The van der Waals surface area contributed by atoms with Crippen LogP contribution < -0.4 is 5.43 Å². The zero-order chi connectivity index (χ0) is 12.3. The van der Waals surface area contributed by atoms with Gasteiger partial charge < -0.3 is 5.11 Å². The number of carbonyl (C=O) groups is 1. The molecule has 0 unspecified atom stereocenters. The molecule has 2 rings (SSSR count). The molecule has 0 aromatic heterocycles. The standard InChI is InChI=1S/C11H9ClN2O2S/c12-7-1-3-8(4-2-7)14-13-5-9-10(15)6-17-11(9)16/h1-5,14-15H,6H2/b13-5+. The number of aliphatic hydroxyl groups is 1. The van der Waals surface area contributed by atoms with Crippen LogP contribution in [0.3, 0.4) is 0 Å². The van der Waals surface area contributed by atoms with Gasteiger partial charge in [-0.05, 0) is 24.3 Å². The van der Waals surface area contributed by atoms with Crippen molar-refractivity contribution in [3.05, 3.63) is 40.6 Å². The van der Waals surface area contributed by atoms with E-state index in [0.717, 1.165) is 17.4 Å². The molecule has 0 saturated carbocycles. The number of nitrogens with one attached hydrogen (secondary N) is 1. The lowest BCUT2D eigenvalue weighted by Gasteiger charge is -1.99. The molecule has 1 aliphatic rings. The van der Waals surface area contributed by atoms with E-state index >= 15 is 0 Å². The zero-order valence-electron chi connectivity index (χ0n) is 8.68. The Hall–Kier alpha value is -1.46. The first-order valence-electron chi connectivity index (χ1n) is 4.80. The van der Waals surface area contributed by atoms with Gasteiger partial charge in [0.1, 0.15) is 5.76 Å². The predicted molar refractivity (Wildman–Crippen MR) is 70.7 cm³/mol. The molecule has 0 amide bonds. The molecule has 1 aromatic rings. The third-order valence-corrected chi connectivity index (χ3v) is 3.25. The first-order valence-corrected chi connectivity index (χ1v) is 6.17. The highest BCUT2D eigenvalue weighted by Gasteiger charge is 2.21. The van der Waals surface area contributed by atoms with Gasteiger partial charge in [0.25, 0.3) is 0 Å². The van der Waals surface area contributed by atoms with Crippen molar-refractivity contribution in [2.45, 2.75) is 0 Å². The summed E-state index contributed by atoms with van der Waals surface area (Å²) in [5, 5.41) is 13.8. The number of benzene rings is 1. The highest BCUT2D eigenvalue weighted by Crippen LogP contribution is 2.23. The first-order chi connectivity index (χ1) is 8.16. The normalized spacial score (nSPS) is 15.9. The van der Waals surface area contributed by atoms with Crippen LogP contribution >= 0.6 is 23.4 Å². The molecule has 2 N–H and O–H groups in total. The molecular weight excluding hydrogens is 260 g/mol. The zero-order valence-corrected chi connectivity index (χ0v) is 10.3. The van der Waals surface area contributed by atoms with E-state index in [0.29, 0.717) is 10.8 Å². The smallest absolute Gasteiger partial charge is 0.224 e. The van der Waals surface area contributed by atoms with E-state index in [1.165, 1.54) is 6.21 Å². The number of halogens is 1. The Balaban J connectivity index is 2.01. The molecule has 4 nitrogen and oxygen atoms in total. The maximum absolute atomic E-state index is 11.3. The van der Waals surface area contributed by atoms with E-state index in [9.17, 15) is 9.90 Å². The minimum atomic E-state index is -0.163. The Kier molecular flexibility index (Phi) is 3.71. The Bertz CT molecular complexity index is 497. The van der Waals surface area contributed by atoms with E-state index in [2.05, 4.69) is 10.5 Å². The number of rotatable bonds is 3. The van der Waals surface area contributed by atoms with Gasteiger partial charge >= 0.3 is 0 Å². The number of aliphatic hydroxyl groups excluding tert-OH is 1. The van der Waals surface area contributed by atoms with E-state index in [1.807, 2.05) is 0 Å². The largest absolute Gasteiger partial charge is 0.511 e. The molecule has 1 aromatic carbocycles. The summed E-state index contributed by atoms with van der Waals surface area (Å²) in [4.78, 5) is 11.3. The minimum Gasteiger partial charge on any atom is -0.511 e. The molecule has 0 bridgehead atoms. The van der Waals surface area contributed by atoms with Crippen LogP contribution in [0.15, 0.2) is 40.7 Å². The minimum absolute atomic E-state index is 0.0710. The molecule has 0 radical (unpaired) electrons. The van der Waals surface area contributed by atoms with Crippen LogP contribution in [0, 0.1) is 0 Å². The van der Waals surface area contributed by atoms with Crippen LogP contribution in [-0.2, 0) is 4.79 Å². The second kappa shape index (κ2) is 5.25. The molecule has 1 heterocycles. The topological polar surface area (TPSA) is 61.7 Å². The van der Waals surface area contributed by atoms with Crippen molar-refractivity contribution < 1.29 is 9.90 Å². The lowest BCUT2D eigenvalue weighted by molar-refractivity contribution is -0.107. The third kappa shape index (κ3) is 3.01. The van der Waals surface area contributed by atoms with Crippen molar-refractivity contribution in [3.63, 3.8) is 0 Å². The second-order valence-corrected chi connectivity index (χ2v) is 4.70. The van der Waals surface area contributed by atoms with E-state index < -0.39 is 0 Å². The highest BCUT2D eigenvalue weighted by molar-refractivity contribution is 8.14. The molecule has 0 aliphatic carbocycles. The number of hydrogen-bond acceptors (Lipinski definition) is 5. The lowest BCUT2D eigenvalue weighted by Crippen LogP contribution is -1.98. The third-order valence-electron chi connectivity index (χ3n) is 2.10. The Labute approximate surface area is 107 Å². The van der Waals surface area contributed by atoms with Gasteiger partial charge in [-0.15, -0.1) is 0 Å². The van der Waals surface area contributed by atoms with E-state index in [1.54, 1.807) is 24.3 Å². The van der Waals surface area contributed by atoms with Crippen LogP contribution in [0.25, 0.3) is 0 Å². The fourth-order valence-electron chi connectivity index (χ4n) is 1.23. The number of carbonyl (C=O) groups excluding carboxylic acids is 1. The molecule has 6 heteroatoms. The van der Waals surface area contributed by atoms with Crippen LogP contribution in [0.2, 0.25) is 5.02 Å². The fourth-order valence-corrected chi connectivity index (χ4v) is 2.11. The summed E-state index contributed by atoms with van der Waals surface area (Å²) in [7, 11) is 0. The number of nitrogens with zero attached hydrogens (tertiary/aromatic N) is 1. The van der Waals surface area contributed by atoms with Crippen LogP contribution in [-0.4, -0.2) is 22.2 Å². The number of hydrogen-bond donors (Lipinski definition) is 2. The van der Waals surface area contributed by atoms with Gasteiger partial charge in [0.2, 0.25) is 5.12 Å². The summed E-state index contributed by atoms with van der Waals surface area (Å²) in [6.45, 7) is 0. The summed E-state index contributed by atoms with van der Waals surface area (Å²) in [5.74, 6) is 0.392. The molecule has 1 aliphatic heterocycles. The lowest BCUT2D eigenvalue weighted by atomic mass is 10.3. The summed E-state index contributed by atoms with van der Waals surface area (Å²) < 4.78 is 0. The Morgan fingerprint density at radius 3 is 2.71 bits per heavy atom. The van der Waals surface area contributed by atoms with Gasteiger partial charge in [-0.3, -0.25) is 10.2 Å². The molecular formula is C11H9ClN2O2S. The molecule has 17 heavy (non-hydrogen) atoms. The predicted octanol–water partition coefficient (Wildman–Crippen LogP) is 2.82. The molecule has 88 valence electrons. The summed E-state index contributed by atoms with van der Waals surface area (Å²) in [6, 6.07) is 6.98. The molecule has 0 atom stereocenters. The van der Waals surface area contributed by atoms with Gasteiger partial charge in [-0.1, -0.05) is 23.4 Å². The van der Waals surface area contributed by atoms with Crippen LogP contribution in [0.5, 0.6) is 0 Å². The van der Waals surface area contributed by atoms with Crippen molar-refractivity contribution in [1.29, 1.82) is 0 Å². The molecule has 0 saturated heterocycles. The van der Waals surface area contributed by atoms with E-state index in [-0.39, 0.29) is 16.4 Å². The van der Waals surface area contributed by atoms with Crippen molar-refractivity contribution in [2.75, 3.05) is 11.2 Å². The summed E-state index contributed by atoms with van der Waals surface area (Å²) in [6.07, 6.45) is 1.33. The maximum atomic E-state index is 11.3. The van der Waals surface area contributed by atoms with Crippen molar-refractivity contribution in [1.82, 2.24) is 0 Å². The molecule has 0 spiro atoms. The van der Waals surface area contributed by atoms with Crippen molar-refractivity contribution >= 4 is 40.4 Å². The first kappa shape index (κ1) is 12.0. The average Bonchev–Trinajstić information content (AvgIpc) is 2.63. The second-order valence-electron chi connectivity index (χ2n) is 3.31. The van der Waals surface area contributed by atoms with Gasteiger partial charge in [0.15, 0.2) is 0 Å². The quantitative estimate of drug-likeness (QED) is 0.654. The Morgan fingerprint density at radius 1 is 1.41 bits per heavy atom. The maximum Gasteiger partial charge on any atom is 0.224 e. The van der Waals surface area contributed by atoms with Gasteiger partial charge in [-0.25, -0.2) is 0 Å². The summed E-state index contributed by atoms with van der Waals surface area (Å²) >= 11 is 6.80. The van der Waals surface area contributed by atoms with Crippen molar-refractivity contribution in [3.8, 4) is 0 Å². The number of hydrazone groups is 1. The number of thioether (sulfide) groups is 1. The number of anilines is 1. The average molecular weight is 269 g/mol. The highest BCUT2D eigenvalue weighted by atomic mass is 35.5. The fraction of sp³-hybridized carbons (Fsp3) is 0.0909. The van der Waals surface area contributed by atoms with Crippen molar-refractivity contribution in [2.24, 2.45) is 5.10 Å². The Morgan fingerprint density at radius 2 is 2.12 bits per heavy atom. The van der Waals surface area contributed by atoms with Crippen LogP contribution in [0.4, 0.5) is 5.69 Å². The summed E-state index contributed by atoms with van der Waals surface area (Å²) in [5.41, 5.74) is 3.74. The monoisotopic (exact) mass is 268 g/mol. The van der Waals surface area contributed by atoms with E-state index in [4.69, 9.17) is 11.6 Å².